The molecular formula is C16H21NOS. The summed E-state index contributed by atoms with van der Waals surface area (Å²) < 4.78 is 0. The number of hydrogen-bond donors (Lipinski definition) is 1. The number of anilines is 1. The van der Waals surface area contributed by atoms with E-state index in [1.54, 1.807) is 0 Å². The SMILES string of the molecule is Cc1ccc(NC(=S)C2CCCCCCC2=O)cc1. The largest absolute Gasteiger partial charge is 0.349 e. The lowest BCUT2D eigenvalue weighted by atomic mass is 9.90. The first-order valence-corrected chi connectivity index (χ1v) is 7.48. The minimum Gasteiger partial charge on any atom is -0.349 e. The lowest BCUT2D eigenvalue weighted by Gasteiger charge is -2.20. The summed E-state index contributed by atoms with van der Waals surface area (Å²) in [4.78, 5) is 12.8. The van der Waals surface area contributed by atoms with E-state index >= 15 is 0 Å². The monoisotopic (exact) mass is 275 g/mol. The molecule has 0 amide bonds. The van der Waals surface area contributed by atoms with Crippen LogP contribution < -0.4 is 5.32 Å². The van der Waals surface area contributed by atoms with Crippen molar-refractivity contribution in [3.8, 4) is 0 Å². The van der Waals surface area contributed by atoms with Gasteiger partial charge in [-0.1, -0.05) is 49.2 Å². The van der Waals surface area contributed by atoms with Crippen LogP contribution >= 0.6 is 12.2 Å². The van der Waals surface area contributed by atoms with Gasteiger partial charge in [0.05, 0.1) is 10.9 Å². The van der Waals surface area contributed by atoms with Gasteiger partial charge in [-0.3, -0.25) is 4.79 Å². The zero-order valence-electron chi connectivity index (χ0n) is 11.4. The minimum atomic E-state index is -0.0865. The third kappa shape index (κ3) is 4.13. The van der Waals surface area contributed by atoms with Crippen molar-refractivity contribution in [1.29, 1.82) is 0 Å². The normalized spacial score (nSPS) is 20.5. The fourth-order valence-electron chi connectivity index (χ4n) is 2.48. The summed E-state index contributed by atoms with van der Waals surface area (Å²) >= 11 is 5.44. The van der Waals surface area contributed by atoms with Crippen LogP contribution in [0.1, 0.15) is 44.1 Å². The van der Waals surface area contributed by atoms with Crippen LogP contribution in [0.5, 0.6) is 0 Å². The van der Waals surface area contributed by atoms with Gasteiger partial charge in [-0.25, -0.2) is 0 Å². The number of carbonyl (C=O) groups excluding carboxylic acids is 1. The summed E-state index contributed by atoms with van der Waals surface area (Å²) in [5.41, 5.74) is 2.20. The van der Waals surface area contributed by atoms with Gasteiger partial charge in [-0.05, 0) is 31.9 Å². The van der Waals surface area contributed by atoms with Gasteiger partial charge in [0.15, 0.2) is 0 Å². The molecule has 102 valence electrons. The molecule has 2 nitrogen and oxygen atoms in total. The van der Waals surface area contributed by atoms with Crippen LogP contribution in [0, 0.1) is 12.8 Å². The third-order valence-corrected chi connectivity index (χ3v) is 4.08. The summed E-state index contributed by atoms with van der Waals surface area (Å²) in [7, 11) is 0. The van der Waals surface area contributed by atoms with Crippen molar-refractivity contribution < 1.29 is 4.79 Å². The molecule has 0 saturated heterocycles. The van der Waals surface area contributed by atoms with E-state index in [1.165, 1.54) is 18.4 Å². The molecule has 2 rings (SSSR count). The van der Waals surface area contributed by atoms with Gasteiger partial charge in [-0.2, -0.15) is 0 Å². The maximum atomic E-state index is 12.1. The van der Waals surface area contributed by atoms with Crippen molar-refractivity contribution in [2.24, 2.45) is 5.92 Å². The number of Topliss-reactive ketones (excluding diaryl/α,β-unsaturated/α-hetero) is 1. The summed E-state index contributed by atoms with van der Waals surface area (Å²) in [6, 6.07) is 8.11. The number of thiocarbonyl (C=S) groups is 1. The smallest absolute Gasteiger partial charge is 0.142 e. The first kappa shape index (κ1) is 14.2. The Labute approximate surface area is 120 Å². The molecule has 1 aromatic rings. The number of hydrogen-bond acceptors (Lipinski definition) is 2. The van der Waals surface area contributed by atoms with Crippen molar-refractivity contribution in [2.75, 3.05) is 5.32 Å². The molecule has 0 aromatic heterocycles. The van der Waals surface area contributed by atoms with Crippen LogP contribution in [0.25, 0.3) is 0 Å². The molecular weight excluding hydrogens is 254 g/mol. The molecule has 1 atom stereocenters. The van der Waals surface area contributed by atoms with Crippen molar-refractivity contribution in [1.82, 2.24) is 0 Å². The lowest BCUT2D eigenvalue weighted by molar-refractivity contribution is -0.121. The van der Waals surface area contributed by atoms with Gasteiger partial charge in [0.1, 0.15) is 5.78 Å². The van der Waals surface area contributed by atoms with E-state index in [4.69, 9.17) is 12.2 Å². The maximum Gasteiger partial charge on any atom is 0.142 e. The molecule has 1 aliphatic carbocycles. The lowest BCUT2D eigenvalue weighted by Crippen LogP contribution is -2.29. The van der Waals surface area contributed by atoms with E-state index in [2.05, 4.69) is 12.2 Å². The average molecular weight is 275 g/mol. The number of benzene rings is 1. The van der Waals surface area contributed by atoms with Crippen LogP contribution in [0.2, 0.25) is 0 Å². The number of aryl methyl sites for hydroxylation is 1. The highest BCUT2D eigenvalue weighted by molar-refractivity contribution is 7.80. The van der Waals surface area contributed by atoms with Gasteiger partial charge in [0, 0.05) is 12.1 Å². The zero-order chi connectivity index (χ0) is 13.7. The summed E-state index contributed by atoms with van der Waals surface area (Å²) in [5, 5.41) is 3.23. The number of rotatable bonds is 2. The van der Waals surface area contributed by atoms with Gasteiger partial charge < -0.3 is 5.32 Å². The van der Waals surface area contributed by atoms with Gasteiger partial charge in [0.25, 0.3) is 0 Å². The Morgan fingerprint density at radius 1 is 1.16 bits per heavy atom. The van der Waals surface area contributed by atoms with Crippen LogP contribution in [0.4, 0.5) is 5.69 Å². The van der Waals surface area contributed by atoms with Gasteiger partial charge in [0.2, 0.25) is 0 Å². The van der Waals surface area contributed by atoms with E-state index in [0.717, 1.165) is 24.9 Å². The molecule has 0 aliphatic heterocycles. The summed E-state index contributed by atoms with van der Waals surface area (Å²) in [6.45, 7) is 2.06. The van der Waals surface area contributed by atoms with Gasteiger partial charge >= 0.3 is 0 Å². The third-order valence-electron chi connectivity index (χ3n) is 3.69. The maximum absolute atomic E-state index is 12.1. The van der Waals surface area contributed by atoms with Gasteiger partial charge in [-0.15, -0.1) is 0 Å². The zero-order valence-corrected chi connectivity index (χ0v) is 12.3. The number of nitrogens with one attached hydrogen (secondary N) is 1. The van der Waals surface area contributed by atoms with E-state index in [1.807, 2.05) is 24.3 Å². The Morgan fingerprint density at radius 3 is 2.58 bits per heavy atom. The highest BCUT2D eigenvalue weighted by Gasteiger charge is 2.23. The quantitative estimate of drug-likeness (QED) is 0.817. The van der Waals surface area contributed by atoms with Crippen LogP contribution in [0.15, 0.2) is 24.3 Å². The van der Waals surface area contributed by atoms with Crippen molar-refractivity contribution in [2.45, 2.75) is 45.4 Å². The Morgan fingerprint density at radius 2 is 1.84 bits per heavy atom. The molecule has 3 heteroatoms. The van der Waals surface area contributed by atoms with Crippen LogP contribution in [-0.4, -0.2) is 10.8 Å². The fourth-order valence-corrected chi connectivity index (χ4v) is 2.85. The molecule has 19 heavy (non-hydrogen) atoms. The number of carbonyl (C=O) groups is 1. The topological polar surface area (TPSA) is 29.1 Å². The van der Waals surface area contributed by atoms with E-state index in [-0.39, 0.29) is 5.92 Å². The molecule has 0 spiro atoms. The average Bonchev–Trinajstić information content (AvgIpc) is 2.37. The molecule has 1 unspecified atom stereocenters. The molecule has 0 radical (unpaired) electrons. The molecule has 1 aliphatic rings. The molecule has 1 saturated carbocycles. The Hall–Kier alpha value is -1.22. The highest BCUT2D eigenvalue weighted by atomic mass is 32.1. The predicted molar refractivity (Wildman–Crippen MR) is 83.6 cm³/mol. The first-order valence-electron chi connectivity index (χ1n) is 7.07. The second-order valence-electron chi connectivity index (χ2n) is 5.33. The van der Waals surface area contributed by atoms with E-state index in [9.17, 15) is 4.79 Å². The predicted octanol–water partition coefficient (Wildman–Crippen LogP) is 4.27. The molecule has 0 heterocycles. The number of ketones is 1. The van der Waals surface area contributed by atoms with E-state index < -0.39 is 0 Å². The minimum absolute atomic E-state index is 0.0865. The van der Waals surface area contributed by atoms with E-state index in [0.29, 0.717) is 17.2 Å². The second-order valence-corrected chi connectivity index (χ2v) is 5.77. The second kappa shape index (κ2) is 6.80. The van der Waals surface area contributed by atoms with Crippen LogP contribution in [0.3, 0.4) is 0 Å². The highest BCUT2D eigenvalue weighted by Crippen LogP contribution is 2.22. The van der Waals surface area contributed by atoms with Crippen molar-refractivity contribution >= 4 is 28.7 Å². The van der Waals surface area contributed by atoms with Crippen molar-refractivity contribution in [3.05, 3.63) is 29.8 Å². The Balaban J connectivity index is 2.00. The Kier molecular flexibility index (Phi) is 5.08. The van der Waals surface area contributed by atoms with Crippen molar-refractivity contribution in [3.63, 3.8) is 0 Å². The molecule has 0 bridgehead atoms. The first-order chi connectivity index (χ1) is 9.16. The molecule has 1 fully saturated rings. The van der Waals surface area contributed by atoms with Crippen LogP contribution in [-0.2, 0) is 4.79 Å². The fraction of sp³-hybridized carbons (Fsp3) is 0.500. The standard InChI is InChI=1S/C16H21NOS/c1-12-8-10-13(11-9-12)17-16(19)14-6-4-2-3-5-7-15(14)18/h8-11,14H,2-7H2,1H3,(H,17,19). The summed E-state index contributed by atoms with van der Waals surface area (Å²) in [6.07, 6.45) is 6.10. The Bertz CT molecular complexity index is 452. The molecule has 1 N–H and O–H groups in total. The molecule has 1 aromatic carbocycles. The summed E-state index contributed by atoms with van der Waals surface area (Å²) in [5.74, 6) is 0.223.